The second-order valence-corrected chi connectivity index (χ2v) is 41.0. The molecule has 5 heterocycles. The van der Waals surface area contributed by atoms with Crippen molar-refractivity contribution in [2.75, 3.05) is 9.80 Å². The average Bonchev–Trinajstić information content (AvgIpc) is 1.50. The Morgan fingerprint density at radius 3 is 1.14 bits per heavy atom. The summed E-state index contributed by atoms with van der Waals surface area (Å²) >= 11 is 0. The van der Waals surface area contributed by atoms with Gasteiger partial charge in [0, 0.05) is 116 Å². The highest BCUT2D eigenvalue weighted by Crippen LogP contribution is 2.66. The van der Waals surface area contributed by atoms with Crippen LogP contribution in [0.3, 0.4) is 0 Å². The topological polar surface area (TPSA) is 55.8 Å². The molecule has 0 bridgehead atoms. The van der Waals surface area contributed by atoms with Crippen LogP contribution in [0.2, 0.25) is 0 Å². The summed E-state index contributed by atoms with van der Waals surface area (Å²) in [4.78, 5) is 4.86. The SMILES string of the molecule is CC1(C)c2ccccc2-c2cc3c4cc(-c5ccc(N(c6ccc(-c7cccc8c7oc7ccccc78)cc6)c6ccc(-c7cc(CC8(C)c9ccccc9-c9cc%10c%11cc(-c%12ccc(N(c%13cccc%14c%13-c%13ccccc%13C%14%13c%14ccccc%14-c%14ccccc%14%13)c%13cccc%14c%13oc%13ccccc%13%14)cc%12)ccc%11n(-c%11ccccc%11)c%10cc98)cc8c7oc7ccccc78)cc6)cc5)ccc4n(-c4ccccc4)c3cc21. The van der Waals surface area contributed by atoms with Crippen LogP contribution in [0.1, 0.15) is 70.8 Å². The van der Waals surface area contributed by atoms with E-state index in [-0.39, 0.29) is 5.41 Å². The quantitative estimate of drug-likeness (QED) is 0.109. The summed E-state index contributed by atoms with van der Waals surface area (Å²) in [6, 6.07) is 178. The van der Waals surface area contributed by atoms with Crippen LogP contribution in [0.5, 0.6) is 0 Å². The van der Waals surface area contributed by atoms with Crippen molar-refractivity contribution in [2.45, 2.75) is 43.4 Å². The smallest absolute Gasteiger partial charge is 0.159 e. The molecule has 31 rings (SSSR count). The third kappa shape index (κ3) is 11.8. The maximum Gasteiger partial charge on any atom is 0.159 e. The zero-order chi connectivity index (χ0) is 96.1. The minimum absolute atomic E-state index is 0.145. The predicted octanol–water partition coefficient (Wildman–Crippen LogP) is 37.4. The van der Waals surface area contributed by atoms with E-state index in [1.54, 1.807) is 0 Å². The lowest BCUT2D eigenvalue weighted by molar-refractivity contribution is 0.583. The lowest BCUT2D eigenvalue weighted by Gasteiger charge is -2.31. The molecule has 1 atom stereocenters. The molecule has 684 valence electrons. The molecule has 0 aliphatic heterocycles. The first-order chi connectivity index (χ1) is 72.0. The second kappa shape index (κ2) is 31.0. The van der Waals surface area contributed by atoms with Gasteiger partial charge in [0.1, 0.15) is 27.9 Å². The Kier molecular flexibility index (Phi) is 17.4. The summed E-state index contributed by atoms with van der Waals surface area (Å²) in [6.07, 6.45) is 0.717. The normalized spacial score (nSPS) is 14.3. The highest BCUT2D eigenvalue weighted by Gasteiger charge is 2.53. The molecule has 4 aliphatic rings. The van der Waals surface area contributed by atoms with Crippen LogP contribution < -0.4 is 9.80 Å². The molecule has 5 aromatic heterocycles. The van der Waals surface area contributed by atoms with E-state index in [0.29, 0.717) is 6.42 Å². The van der Waals surface area contributed by atoms with Crippen molar-refractivity contribution >= 4 is 144 Å². The van der Waals surface area contributed by atoms with Gasteiger partial charge < -0.3 is 32.2 Å². The first-order valence-electron chi connectivity index (χ1n) is 50.8. The molecule has 27 aromatic rings. The van der Waals surface area contributed by atoms with Gasteiger partial charge in [-0.3, -0.25) is 0 Å². The molecule has 0 N–H and O–H groups in total. The van der Waals surface area contributed by atoms with Gasteiger partial charge in [0.05, 0.1) is 38.9 Å². The molecule has 7 heteroatoms. The zero-order valence-electron chi connectivity index (χ0n) is 80.3. The zero-order valence-corrected chi connectivity index (χ0v) is 80.3. The van der Waals surface area contributed by atoms with Crippen LogP contribution >= 0.6 is 0 Å². The molecule has 7 nitrogen and oxygen atoms in total. The summed E-state index contributed by atoms with van der Waals surface area (Å²) in [5.74, 6) is 0. The van der Waals surface area contributed by atoms with Crippen molar-refractivity contribution in [1.82, 2.24) is 9.13 Å². The second-order valence-electron chi connectivity index (χ2n) is 41.0. The van der Waals surface area contributed by atoms with Gasteiger partial charge in [0.15, 0.2) is 5.58 Å². The molecule has 1 unspecified atom stereocenters. The largest absolute Gasteiger partial charge is 0.455 e. The van der Waals surface area contributed by atoms with Gasteiger partial charge in [-0.1, -0.05) is 336 Å². The Morgan fingerprint density at radius 2 is 0.582 bits per heavy atom. The highest BCUT2D eigenvalue weighted by molar-refractivity contribution is 6.18. The number of fused-ring (bicyclic) bond motifs is 31. The molecular formula is C139H90N4O3. The lowest BCUT2D eigenvalue weighted by Crippen LogP contribution is -2.26. The Bertz CT molecular complexity index is 10200. The number of hydrogen-bond donors (Lipinski definition) is 0. The fraction of sp³-hybridized carbons (Fsp3) is 0.0504. The minimum Gasteiger partial charge on any atom is -0.455 e. The molecule has 0 saturated carbocycles. The highest BCUT2D eigenvalue weighted by atomic mass is 16.3. The van der Waals surface area contributed by atoms with Crippen LogP contribution in [0.25, 0.3) is 210 Å². The third-order valence-corrected chi connectivity index (χ3v) is 33.0. The van der Waals surface area contributed by atoms with Crippen LogP contribution in [0.4, 0.5) is 34.1 Å². The van der Waals surface area contributed by atoms with E-state index in [2.05, 4.69) is 513 Å². The monoisotopic (exact) mass is 1860 g/mol. The summed E-state index contributed by atoms with van der Waals surface area (Å²) in [7, 11) is 0. The minimum atomic E-state index is -0.530. The molecule has 0 saturated heterocycles. The van der Waals surface area contributed by atoms with E-state index in [0.717, 1.165) is 167 Å². The van der Waals surface area contributed by atoms with E-state index in [1.807, 2.05) is 6.07 Å². The van der Waals surface area contributed by atoms with Crippen LogP contribution in [0, 0.1) is 0 Å². The Hall–Kier alpha value is -18.6. The molecule has 22 aromatic carbocycles. The number of aromatic nitrogens is 2. The molecule has 146 heavy (non-hydrogen) atoms. The maximum absolute atomic E-state index is 7.13. The number of nitrogens with zero attached hydrogens (tertiary/aromatic N) is 4. The van der Waals surface area contributed by atoms with Crippen LogP contribution in [0.15, 0.2) is 492 Å². The van der Waals surface area contributed by atoms with Gasteiger partial charge in [-0.05, 0) is 293 Å². The Labute approximate surface area is 842 Å². The predicted molar refractivity (Wildman–Crippen MR) is 604 cm³/mol. The Balaban J connectivity index is 0.514. The molecule has 1 spiro atoms. The lowest BCUT2D eigenvalue weighted by atomic mass is 9.70. The fourth-order valence-electron chi connectivity index (χ4n) is 26.4. The van der Waals surface area contributed by atoms with Crippen molar-refractivity contribution in [3.63, 3.8) is 0 Å². The van der Waals surface area contributed by atoms with Gasteiger partial charge in [-0.2, -0.15) is 0 Å². The number of rotatable bonds is 14. The molecule has 0 amide bonds. The first-order valence-corrected chi connectivity index (χ1v) is 50.8. The summed E-state index contributed by atoms with van der Waals surface area (Å²) < 4.78 is 25.8. The summed E-state index contributed by atoms with van der Waals surface area (Å²) in [5.41, 5.74) is 47.8. The van der Waals surface area contributed by atoms with Crippen molar-refractivity contribution < 1.29 is 13.3 Å². The van der Waals surface area contributed by atoms with Crippen molar-refractivity contribution in [1.29, 1.82) is 0 Å². The number of anilines is 6. The molecule has 0 fully saturated rings. The molecule has 0 radical (unpaired) electrons. The first kappa shape index (κ1) is 82.2. The van der Waals surface area contributed by atoms with Gasteiger partial charge >= 0.3 is 0 Å². The van der Waals surface area contributed by atoms with Crippen LogP contribution in [-0.2, 0) is 22.7 Å². The van der Waals surface area contributed by atoms with Crippen molar-refractivity contribution in [3.8, 4) is 100 Å². The maximum atomic E-state index is 7.13. The average molecular weight is 1860 g/mol. The Morgan fingerprint density at radius 1 is 0.212 bits per heavy atom. The van der Waals surface area contributed by atoms with Crippen molar-refractivity contribution in [3.05, 3.63) is 529 Å². The standard InChI is InChI=1S/C139H90N4O3/c1-137(2)116-44-18-10-35-100(116)109-79-113-111-77-89(63-73-124(111)141(128(113)81-122(109)137)91-29-6-4-7-30-91)85-55-65-93(66-56-85)140(94-69-59-87(60-70-94)97-41-26-42-105-102-37-15-23-52-130(102)144-134(97)105)95-71-61-88(62-72-95)108-75-84(76-115-104-39-17-25-54-132(104)145-135(108)115)83-138(3)117-45-19-11-36-101(117)110-80-114-112-78-90(64-74-125(112)142(129(114)82-123(110)138)92-31-8-5-9-32-92)86-57-67-96(68-58-86)143(127-51-27-43-106-103-38-16-24-53-131(103)146-136(106)127)126-50-28-49-121-133(126)107-40-14-22-48-120(107)139(121)118-46-20-12-33-98(118)99-34-13-21-47-119(99)139/h4-82H,83H2,1-3H3. The van der Waals surface area contributed by atoms with E-state index in [1.165, 1.54) is 127 Å². The summed E-state index contributed by atoms with van der Waals surface area (Å²) in [5, 5.41) is 11.4. The van der Waals surface area contributed by atoms with Gasteiger partial charge in [0.25, 0.3) is 0 Å². The third-order valence-electron chi connectivity index (χ3n) is 33.0. The van der Waals surface area contributed by atoms with Gasteiger partial charge in [-0.15, -0.1) is 0 Å². The van der Waals surface area contributed by atoms with E-state index in [4.69, 9.17) is 13.3 Å². The number of hydrogen-bond acceptors (Lipinski definition) is 5. The molecular weight excluding hydrogens is 1770 g/mol. The van der Waals surface area contributed by atoms with E-state index < -0.39 is 10.8 Å². The van der Waals surface area contributed by atoms with Gasteiger partial charge in [-0.25, -0.2) is 0 Å². The summed E-state index contributed by atoms with van der Waals surface area (Å²) in [6.45, 7) is 7.23. The van der Waals surface area contributed by atoms with E-state index >= 15 is 0 Å². The van der Waals surface area contributed by atoms with Crippen LogP contribution in [-0.4, -0.2) is 9.13 Å². The van der Waals surface area contributed by atoms with Gasteiger partial charge in [0.2, 0.25) is 0 Å². The number of para-hydroxylation sites is 7. The molecule has 4 aliphatic carbocycles. The fourth-order valence-corrected chi connectivity index (χ4v) is 26.4. The van der Waals surface area contributed by atoms with Crippen molar-refractivity contribution in [2.24, 2.45) is 0 Å². The number of benzene rings is 22. The van der Waals surface area contributed by atoms with E-state index in [9.17, 15) is 0 Å². The number of furan rings is 3.